The van der Waals surface area contributed by atoms with E-state index in [9.17, 15) is 4.79 Å². The van der Waals surface area contributed by atoms with E-state index >= 15 is 0 Å². The number of aliphatic imine (C=N–C) groups is 1. The van der Waals surface area contributed by atoms with Gasteiger partial charge >= 0.3 is 0 Å². The third kappa shape index (κ3) is 5.82. The van der Waals surface area contributed by atoms with Crippen LogP contribution in [0.25, 0.3) is 0 Å². The summed E-state index contributed by atoms with van der Waals surface area (Å²) in [6.45, 7) is 1.83. The van der Waals surface area contributed by atoms with Crippen molar-refractivity contribution in [3.63, 3.8) is 0 Å². The summed E-state index contributed by atoms with van der Waals surface area (Å²) in [6, 6.07) is 5.33. The highest BCUT2D eigenvalue weighted by molar-refractivity contribution is 7.14. The zero-order valence-corrected chi connectivity index (χ0v) is 17.2. The van der Waals surface area contributed by atoms with E-state index in [4.69, 9.17) is 9.47 Å². The molecule has 0 amide bonds. The fourth-order valence-corrected chi connectivity index (χ4v) is 2.80. The highest BCUT2D eigenvalue weighted by Crippen LogP contribution is 2.37. The third-order valence-corrected chi connectivity index (χ3v) is 4.21. The number of allylic oxidation sites excluding steroid dienone is 1. The van der Waals surface area contributed by atoms with Crippen molar-refractivity contribution in [2.24, 2.45) is 4.99 Å². The number of carbonyl (C=O) groups excluding carboxylic acids is 1. The number of ether oxygens (including phenoxy) is 2. The molecule has 0 radical (unpaired) electrons. The second-order valence-corrected chi connectivity index (χ2v) is 7.36. The van der Waals surface area contributed by atoms with Crippen molar-refractivity contribution >= 4 is 29.1 Å². The van der Waals surface area contributed by atoms with Gasteiger partial charge in [0.05, 0.1) is 24.1 Å². The maximum Gasteiger partial charge on any atom is 0.242 e. The van der Waals surface area contributed by atoms with Crippen molar-refractivity contribution in [1.29, 1.82) is 0 Å². The van der Waals surface area contributed by atoms with Crippen molar-refractivity contribution in [3.8, 4) is 17.4 Å². The SMILES string of the molecule is COc1cc(/N=C/N(C)C)ccc1Oc1nc(C)sc1C(=O)/C=C/N(C)C. The molecular formula is C19H24N4O3S. The first-order chi connectivity index (χ1) is 12.8. The lowest BCUT2D eigenvalue weighted by atomic mass is 10.2. The van der Waals surface area contributed by atoms with Gasteiger partial charge in [-0.3, -0.25) is 4.79 Å². The first-order valence-corrected chi connectivity index (χ1v) is 9.04. The fourth-order valence-electron chi connectivity index (χ4n) is 2.03. The molecular weight excluding hydrogens is 364 g/mol. The summed E-state index contributed by atoms with van der Waals surface area (Å²) in [4.78, 5) is 25.2. The number of aromatic nitrogens is 1. The molecule has 0 N–H and O–H groups in total. The Morgan fingerprint density at radius 2 is 1.93 bits per heavy atom. The Balaban J connectivity index is 2.30. The summed E-state index contributed by atoms with van der Waals surface area (Å²) in [5.41, 5.74) is 0.729. The number of rotatable bonds is 8. The quantitative estimate of drug-likeness (QED) is 0.297. The molecule has 0 bridgehead atoms. The van der Waals surface area contributed by atoms with E-state index in [0.29, 0.717) is 16.4 Å². The van der Waals surface area contributed by atoms with Gasteiger partial charge < -0.3 is 19.3 Å². The first-order valence-electron chi connectivity index (χ1n) is 8.23. The van der Waals surface area contributed by atoms with Crippen molar-refractivity contribution in [2.75, 3.05) is 35.3 Å². The molecule has 0 aliphatic heterocycles. The van der Waals surface area contributed by atoms with Gasteiger partial charge in [0.15, 0.2) is 11.5 Å². The summed E-state index contributed by atoms with van der Waals surface area (Å²) in [5, 5.41) is 0.748. The molecule has 7 nitrogen and oxygen atoms in total. The Morgan fingerprint density at radius 1 is 1.19 bits per heavy atom. The lowest BCUT2D eigenvalue weighted by molar-refractivity contribution is 0.104. The maximum atomic E-state index is 12.5. The van der Waals surface area contributed by atoms with Crippen LogP contribution < -0.4 is 9.47 Å². The minimum Gasteiger partial charge on any atom is -0.493 e. The van der Waals surface area contributed by atoms with Crippen molar-refractivity contribution in [1.82, 2.24) is 14.8 Å². The van der Waals surface area contributed by atoms with E-state index in [0.717, 1.165) is 10.7 Å². The van der Waals surface area contributed by atoms with Crippen LogP contribution in [0.5, 0.6) is 17.4 Å². The molecule has 2 rings (SSSR count). The molecule has 0 fully saturated rings. The minimum absolute atomic E-state index is 0.157. The first kappa shape index (κ1) is 20.4. The molecule has 1 aromatic heterocycles. The molecule has 1 heterocycles. The Hall–Kier alpha value is -2.87. The number of hydrogen-bond donors (Lipinski definition) is 0. The number of thiazole rings is 1. The van der Waals surface area contributed by atoms with E-state index in [1.54, 1.807) is 36.7 Å². The Labute approximate surface area is 163 Å². The lowest BCUT2D eigenvalue weighted by Crippen LogP contribution is -2.06. The number of benzene rings is 1. The van der Waals surface area contributed by atoms with Crippen molar-refractivity contribution in [3.05, 3.63) is 40.4 Å². The van der Waals surface area contributed by atoms with Crippen LogP contribution in [-0.4, -0.2) is 62.2 Å². The number of ketones is 1. The number of hydrogen-bond acceptors (Lipinski definition) is 7. The van der Waals surface area contributed by atoms with Gasteiger partial charge in [0.2, 0.25) is 11.7 Å². The van der Waals surface area contributed by atoms with E-state index in [2.05, 4.69) is 9.98 Å². The monoisotopic (exact) mass is 388 g/mol. The molecule has 0 aliphatic rings. The Kier molecular flexibility index (Phi) is 6.95. The van der Waals surface area contributed by atoms with Crippen LogP contribution in [0.3, 0.4) is 0 Å². The molecule has 0 spiro atoms. The zero-order valence-electron chi connectivity index (χ0n) is 16.4. The summed E-state index contributed by atoms with van der Waals surface area (Å²) < 4.78 is 11.3. The molecule has 27 heavy (non-hydrogen) atoms. The zero-order chi connectivity index (χ0) is 20.0. The number of carbonyl (C=O) groups is 1. The van der Waals surface area contributed by atoms with Crippen LogP contribution in [0.15, 0.2) is 35.5 Å². The fraction of sp³-hybridized carbons (Fsp3) is 0.316. The average Bonchev–Trinajstić information content (AvgIpc) is 2.99. The van der Waals surface area contributed by atoms with Crippen molar-refractivity contribution < 1.29 is 14.3 Å². The predicted molar refractivity (Wildman–Crippen MR) is 109 cm³/mol. The van der Waals surface area contributed by atoms with Gasteiger partial charge in [0.1, 0.15) is 4.88 Å². The van der Waals surface area contributed by atoms with E-state index in [-0.39, 0.29) is 11.7 Å². The van der Waals surface area contributed by atoms with Crippen LogP contribution in [0.4, 0.5) is 5.69 Å². The number of aryl methyl sites for hydroxylation is 1. The van der Waals surface area contributed by atoms with Gasteiger partial charge in [-0.2, -0.15) is 0 Å². The molecule has 0 saturated heterocycles. The molecule has 8 heteroatoms. The van der Waals surface area contributed by atoms with Crippen LogP contribution in [0.1, 0.15) is 14.7 Å². The second-order valence-electron chi connectivity index (χ2n) is 6.16. The lowest BCUT2D eigenvalue weighted by Gasteiger charge is -2.10. The van der Waals surface area contributed by atoms with E-state index in [1.807, 2.05) is 46.1 Å². The highest BCUT2D eigenvalue weighted by Gasteiger charge is 2.19. The van der Waals surface area contributed by atoms with Crippen LogP contribution in [0, 0.1) is 6.92 Å². The minimum atomic E-state index is -0.157. The normalized spacial score (nSPS) is 11.2. The number of nitrogens with zero attached hydrogens (tertiary/aromatic N) is 4. The molecule has 0 unspecified atom stereocenters. The summed E-state index contributed by atoms with van der Waals surface area (Å²) in [7, 11) is 9.05. The Morgan fingerprint density at radius 3 is 2.56 bits per heavy atom. The average molecular weight is 388 g/mol. The standard InChI is InChI=1S/C19H24N4O3S/c1-13-21-19(18(27-13)15(24)9-10-22(2)3)26-16-8-7-14(11-17(16)25-6)20-12-23(4)5/h7-12H,1-6H3/b10-9+,20-12+. The Bertz CT molecular complexity index is 857. The third-order valence-electron chi connectivity index (χ3n) is 3.24. The molecule has 2 aromatic rings. The van der Waals surface area contributed by atoms with Crippen LogP contribution in [0.2, 0.25) is 0 Å². The van der Waals surface area contributed by atoms with E-state index < -0.39 is 0 Å². The summed E-state index contributed by atoms with van der Waals surface area (Å²) in [5.74, 6) is 1.10. The van der Waals surface area contributed by atoms with Gasteiger partial charge in [-0.25, -0.2) is 9.98 Å². The highest BCUT2D eigenvalue weighted by atomic mass is 32.1. The van der Waals surface area contributed by atoms with Gasteiger partial charge in [-0.15, -0.1) is 11.3 Å². The molecule has 0 atom stereocenters. The van der Waals surface area contributed by atoms with Gasteiger partial charge in [0, 0.05) is 46.5 Å². The van der Waals surface area contributed by atoms with Gasteiger partial charge in [0.25, 0.3) is 0 Å². The second kappa shape index (κ2) is 9.18. The number of methoxy groups -OCH3 is 1. The van der Waals surface area contributed by atoms with E-state index in [1.165, 1.54) is 17.4 Å². The van der Waals surface area contributed by atoms with Gasteiger partial charge in [-0.1, -0.05) is 0 Å². The molecule has 0 aliphatic carbocycles. The van der Waals surface area contributed by atoms with Gasteiger partial charge in [-0.05, 0) is 19.1 Å². The maximum absolute atomic E-state index is 12.5. The molecule has 1 aromatic carbocycles. The predicted octanol–water partition coefficient (Wildman–Crippen LogP) is 3.73. The summed E-state index contributed by atoms with van der Waals surface area (Å²) in [6.07, 6.45) is 4.89. The molecule has 0 saturated carbocycles. The van der Waals surface area contributed by atoms with Crippen LogP contribution in [-0.2, 0) is 0 Å². The summed E-state index contributed by atoms with van der Waals surface area (Å²) >= 11 is 1.30. The van der Waals surface area contributed by atoms with Crippen LogP contribution >= 0.6 is 11.3 Å². The topological polar surface area (TPSA) is 67.3 Å². The van der Waals surface area contributed by atoms with Crippen molar-refractivity contribution in [2.45, 2.75) is 6.92 Å². The molecule has 144 valence electrons. The smallest absolute Gasteiger partial charge is 0.242 e. The largest absolute Gasteiger partial charge is 0.493 e.